The average Bonchev–Trinajstić information content (AvgIpc) is 3.40. The SMILES string of the molecule is COc1cc(OC)cc(C2C(C(=O)OCc3ccccc3)=C(C)N=C3SC=C(CC(=O)NCc4ccc(F)cc4)N32)c1. The predicted octanol–water partition coefficient (Wildman–Crippen LogP) is 5.87. The molecule has 1 atom stereocenters. The van der Waals surface area contributed by atoms with Crippen LogP contribution in [0.1, 0.15) is 36.1 Å². The zero-order valence-electron chi connectivity index (χ0n) is 23.4. The van der Waals surface area contributed by atoms with Gasteiger partial charge in [-0.1, -0.05) is 54.2 Å². The number of hydrogen-bond acceptors (Lipinski definition) is 8. The maximum atomic E-state index is 13.7. The summed E-state index contributed by atoms with van der Waals surface area (Å²) in [4.78, 5) is 33.4. The molecule has 42 heavy (non-hydrogen) atoms. The van der Waals surface area contributed by atoms with E-state index < -0.39 is 12.0 Å². The van der Waals surface area contributed by atoms with Crippen LogP contribution in [-0.4, -0.2) is 36.2 Å². The van der Waals surface area contributed by atoms with Gasteiger partial charge in [0.15, 0.2) is 5.17 Å². The van der Waals surface area contributed by atoms with Gasteiger partial charge in [-0.25, -0.2) is 14.2 Å². The monoisotopic (exact) mass is 587 g/mol. The number of aliphatic imine (C=N–C) groups is 1. The molecule has 1 N–H and O–H groups in total. The van der Waals surface area contributed by atoms with Crippen LogP contribution in [0, 0.1) is 5.82 Å². The van der Waals surface area contributed by atoms with E-state index in [1.165, 1.54) is 23.9 Å². The van der Waals surface area contributed by atoms with Crippen LogP contribution in [-0.2, 0) is 27.5 Å². The molecule has 0 fully saturated rings. The Morgan fingerprint density at radius 3 is 2.33 bits per heavy atom. The second kappa shape index (κ2) is 12.9. The molecule has 1 amide bonds. The van der Waals surface area contributed by atoms with Crippen molar-refractivity contribution in [1.29, 1.82) is 0 Å². The quantitative estimate of drug-likeness (QED) is 0.297. The third kappa shape index (κ3) is 6.49. The third-order valence-electron chi connectivity index (χ3n) is 6.87. The number of carbonyl (C=O) groups is 2. The second-order valence-electron chi connectivity index (χ2n) is 9.68. The highest BCUT2D eigenvalue weighted by Gasteiger charge is 2.41. The molecule has 3 aromatic rings. The van der Waals surface area contributed by atoms with Gasteiger partial charge in [-0.05, 0) is 53.3 Å². The Bertz CT molecular complexity index is 1550. The molecule has 5 rings (SSSR count). The van der Waals surface area contributed by atoms with Gasteiger partial charge in [0.2, 0.25) is 5.91 Å². The first-order chi connectivity index (χ1) is 20.4. The van der Waals surface area contributed by atoms with Gasteiger partial charge in [-0.15, -0.1) is 0 Å². The number of carbonyl (C=O) groups excluding carboxylic acids is 2. The van der Waals surface area contributed by atoms with Crippen molar-refractivity contribution in [2.45, 2.75) is 32.5 Å². The summed E-state index contributed by atoms with van der Waals surface area (Å²) in [6, 6.07) is 20.2. The van der Waals surface area contributed by atoms with Gasteiger partial charge in [0.1, 0.15) is 23.9 Å². The van der Waals surface area contributed by atoms with Crippen LogP contribution >= 0.6 is 11.8 Å². The molecule has 0 aliphatic carbocycles. The van der Waals surface area contributed by atoms with E-state index in [9.17, 15) is 14.0 Å². The molecular formula is C32H30FN3O5S. The van der Waals surface area contributed by atoms with Gasteiger partial charge in [0.25, 0.3) is 0 Å². The summed E-state index contributed by atoms with van der Waals surface area (Å²) in [5, 5.41) is 5.40. The number of hydrogen-bond donors (Lipinski definition) is 1. The molecule has 0 aromatic heterocycles. The summed E-state index contributed by atoms with van der Waals surface area (Å²) in [7, 11) is 3.12. The Morgan fingerprint density at radius 2 is 1.67 bits per heavy atom. The highest BCUT2D eigenvalue weighted by molar-refractivity contribution is 8.16. The molecule has 1 unspecified atom stereocenters. The van der Waals surface area contributed by atoms with E-state index in [0.717, 1.165) is 11.1 Å². The number of halogens is 1. The molecule has 10 heteroatoms. The summed E-state index contributed by atoms with van der Waals surface area (Å²) in [6.45, 7) is 2.14. The van der Waals surface area contributed by atoms with E-state index in [4.69, 9.17) is 19.2 Å². The van der Waals surface area contributed by atoms with Gasteiger partial charge in [-0.3, -0.25) is 4.79 Å². The molecule has 8 nitrogen and oxygen atoms in total. The minimum absolute atomic E-state index is 0.0379. The largest absolute Gasteiger partial charge is 0.497 e. The van der Waals surface area contributed by atoms with E-state index in [2.05, 4.69) is 5.32 Å². The number of esters is 1. The molecular weight excluding hydrogens is 557 g/mol. The minimum atomic E-state index is -0.657. The highest BCUT2D eigenvalue weighted by atomic mass is 32.2. The van der Waals surface area contributed by atoms with E-state index >= 15 is 0 Å². The van der Waals surface area contributed by atoms with Gasteiger partial charge in [-0.2, -0.15) is 0 Å². The van der Waals surface area contributed by atoms with Crippen LogP contribution in [0.2, 0.25) is 0 Å². The van der Waals surface area contributed by atoms with Crippen molar-refractivity contribution in [2.75, 3.05) is 14.2 Å². The number of allylic oxidation sites excluding steroid dienone is 1. The Labute approximate surface area is 247 Å². The van der Waals surface area contributed by atoms with E-state index in [0.29, 0.717) is 39.2 Å². The molecule has 0 spiro atoms. The molecule has 2 heterocycles. The average molecular weight is 588 g/mol. The van der Waals surface area contributed by atoms with Crippen LogP contribution < -0.4 is 14.8 Å². The molecule has 3 aromatic carbocycles. The van der Waals surface area contributed by atoms with Gasteiger partial charge in [0, 0.05) is 18.3 Å². The van der Waals surface area contributed by atoms with E-state index in [1.807, 2.05) is 52.8 Å². The number of methoxy groups -OCH3 is 2. The highest BCUT2D eigenvalue weighted by Crippen LogP contribution is 2.46. The second-order valence-corrected chi connectivity index (χ2v) is 10.5. The lowest BCUT2D eigenvalue weighted by molar-refractivity contribution is -0.141. The van der Waals surface area contributed by atoms with Crippen molar-refractivity contribution in [3.05, 3.63) is 118 Å². The maximum Gasteiger partial charge on any atom is 0.338 e. The van der Waals surface area contributed by atoms with Crippen LogP contribution in [0.4, 0.5) is 4.39 Å². The van der Waals surface area contributed by atoms with Gasteiger partial charge < -0.3 is 24.4 Å². The number of nitrogens with zero attached hydrogens (tertiary/aromatic N) is 2. The number of thioether (sulfide) groups is 1. The Kier molecular flexibility index (Phi) is 8.92. The topological polar surface area (TPSA) is 89.5 Å². The molecule has 2 aliphatic heterocycles. The van der Waals surface area contributed by atoms with E-state index in [-0.39, 0.29) is 31.3 Å². The summed E-state index contributed by atoms with van der Waals surface area (Å²) in [6.07, 6.45) is 0.0379. The lowest BCUT2D eigenvalue weighted by Crippen LogP contribution is -2.38. The first kappa shape index (κ1) is 28.9. The van der Waals surface area contributed by atoms with Crippen LogP contribution in [0.3, 0.4) is 0 Å². The van der Waals surface area contributed by atoms with Gasteiger partial charge >= 0.3 is 5.97 Å². The van der Waals surface area contributed by atoms with Crippen LogP contribution in [0.25, 0.3) is 0 Å². The van der Waals surface area contributed by atoms with Crippen molar-refractivity contribution in [2.24, 2.45) is 4.99 Å². The number of ether oxygens (including phenoxy) is 3. The van der Waals surface area contributed by atoms with Crippen molar-refractivity contribution in [3.8, 4) is 11.5 Å². The van der Waals surface area contributed by atoms with Crippen molar-refractivity contribution >= 4 is 28.8 Å². The van der Waals surface area contributed by atoms with Gasteiger partial charge in [0.05, 0.1) is 38.0 Å². The maximum absolute atomic E-state index is 13.7. The zero-order chi connectivity index (χ0) is 29.6. The summed E-state index contributed by atoms with van der Waals surface area (Å²) in [5.41, 5.74) is 3.90. The molecule has 0 saturated heterocycles. The number of benzene rings is 3. The van der Waals surface area contributed by atoms with Crippen molar-refractivity contribution in [3.63, 3.8) is 0 Å². The molecule has 0 radical (unpaired) electrons. The van der Waals surface area contributed by atoms with Crippen molar-refractivity contribution in [1.82, 2.24) is 10.2 Å². The minimum Gasteiger partial charge on any atom is -0.497 e. The Balaban J connectivity index is 1.44. The number of amidine groups is 1. The van der Waals surface area contributed by atoms with E-state index in [1.54, 1.807) is 39.3 Å². The number of amides is 1. The molecule has 2 aliphatic rings. The summed E-state index contributed by atoms with van der Waals surface area (Å²) >= 11 is 1.38. The Morgan fingerprint density at radius 1 is 0.976 bits per heavy atom. The molecule has 0 bridgehead atoms. The summed E-state index contributed by atoms with van der Waals surface area (Å²) < 4.78 is 30.1. The normalized spacial score (nSPS) is 15.9. The lowest BCUT2D eigenvalue weighted by atomic mass is 9.93. The lowest BCUT2D eigenvalue weighted by Gasteiger charge is -2.36. The smallest absolute Gasteiger partial charge is 0.338 e. The predicted molar refractivity (Wildman–Crippen MR) is 159 cm³/mol. The fraction of sp³-hybridized carbons (Fsp3) is 0.219. The third-order valence-corrected chi connectivity index (χ3v) is 7.76. The standard InChI is InChI=1S/C32H30FN3O5S/c1-20-29(31(38)41-18-22-7-5-4-6-8-22)30(23-13-26(39-2)16-27(14-23)40-3)36-25(19-42-32(36)35-20)15-28(37)34-17-21-9-11-24(33)12-10-21/h4-14,16,19,30H,15,17-18H2,1-3H3,(H,34,37). The van der Waals surface area contributed by atoms with Crippen LogP contribution in [0.15, 0.2) is 100 Å². The fourth-order valence-electron chi connectivity index (χ4n) is 4.76. The first-order valence-corrected chi connectivity index (χ1v) is 14.1. The zero-order valence-corrected chi connectivity index (χ0v) is 24.2. The fourth-order valence-corrected chi connectivity index (χ4v) is 5.73. The van der Waals surface area contributed by atoms with Crippen LogP contribution in [0.5, 0.6) is 11.5 Å². The number of fused-ring (bicyclic) bond motifs is 1. The number of nitrogens with one attached hydrogen (secondary N) is 1. The first-order valence-electron chi connectivity index (χ1n) is 13.3. The summed E-state index contributed by atoms with van der Waals surface area (Å²) in [5.74, 6) is 0.0311. The Hall–Kier alpha value is -4.57. The van der Waals surface area contributed by atoms with Crippen molar-refractivity contribution < 1.29 is 28.2 Å². The molecule has 216 valence electrons. The molecule has 0 saturated carbocycles. The number of rotatable bonds is 10.